The summed E-state index contributed by atoms with van der Waals surface area (Å²) in [6, 6.07) is 3.74. The number of hydrogen-bond donors (Lipinski definition) is 2. The highest BCUT2D eigenvalue weighted by Gasteiger charge is 2.24. The average Bonchev–Trinajstić information content (AvgIpc) is 2.93. The SMILES string of the molecule is CC(=O)NC1CCN(C(=O)c2ccc(C#CCO)s2)CC1. The maximum atomic E-state index is 12.4. The quantitative estimate of drug-likeness (QED) is 0.795. The van der Waals surface area contributed by atoms with E-state index in [1.165, 1.54) is 18.3 Å². The molecule has 112 valence electrons. The van der Waals surface area contributed by atoms with E-state index in [0.29, 0.717) is 18.0 Å². The smallest absolute Gasteiger partial charge is 0.263 e. The van der Waals surface area contributed by atoms with Crippen LogP contribution in [0.25, 0.3) is 0 Å². The standard InChI is InChI=1S/C15H18N2O3S/c1-11(19)16-12-6-8-17(9-7-12)15(20)14-5-4-13(21-14)3-2-10-18/h4-5,12,18H,6-10H2,1H3,(H,16,19). The van der Waals surface area contributed by atoms with Crippen LogP contribution in [0.1, 0.15) is 34.3 Å². The number of carbonyl (C=O) groups excluding carboxylic acids is 2. The lowest BCUT2D eigenvalue weighted by Crippen LogP contribution is -2.45. The van der Waals surface area contributed by atoms with Gasteiger partial charge in [0.15, 0.2) is 0 Å². The van der Waals surface area contributed by atoms with Crippen LogP contribution >= 0.6 is 11.3 Å². The molecule has 21 heavy (non-hydrogen) atoms. The number of nitrogens with one attached hydrogen (secondary N) is 1. The number of carbonyl (C=O) groups is 2. The molecule has 2 heterocycles. The molecule has 6 heteroatoms. The zero-order valence-corrected chi connectivity index (χ0v) is 12.7. The predicted molar refractivity (Wildman–Crippen MR) is 81.0 cm³/mol. The number of likely N-dealkylation sites (tertiary alicyclic amines) is 1. The van der Waals surface area contributed by atoms with E-state index in [1.54, 1.807) is 12.1 Å². The Morgan fingerprint density at radius 3 is 2.76 bits per heavy atom. The number of thiophene rings is 1. The average molecular weight is 306 g/mol. The van der Waals surface area contributed by atoms with Crippen molar-refractivity contribution in [1.82, 2.24) is 10.2 Å². The number of rotatable bonds is 2. The fraction of sp³-hybridized carbons (Fsp3) is 0.467. The lowest BCUT2D eigenvalue weighted by molar-refractivity contribution is -0.119. The monoisotopic (exact) mass is 306 g/mol. The lowest BCUT2D eigenvalue weighted by Gasteiger charge is -2.31. The third kappa shape index (κ3) is 4.31. The van der Waals surface area contributed by atoms with Crippen LogP contribution in [0.4, 0.5) is 0 Å². The van der Waals surface area contributed by atoms with Gasteiger partial charge in [-0.15, -0.1) is 11.3 Å². The van der Waals surface area contributed by atoms with Crippen LogP contribution in [-0.2, 0) is 4.79 Å². The lowest BCUT2D eigenvalue weighted by atomic mass is 10.0. The zero-order chi connectivity index (χ0) is 15.2. The molecule has 1 saturated heterocycles. The molecular formula is C15H18N2O3S. The van der Waals surface area contributed by atoms with E-state index >= 15 is 0 Å². The second-order valence-electron chi connectivity index (χ2n) is 4.89. The summed E-state index contributed by atoms with van der Waals surface area (Å²) < 4.78 is 0. The minimum atomic E-state index is -0.183. The van der Waals surface area contributed by atoms with Crippen molar-refractivity contribution in [3.63, 3.8) is 0 Å². The van der Waals surface area contributed by atoms with Crippen molar-refractivity contribution in [3.8, 4) is 11.8 Å². The molecule has 1 aromatic heterocycles. The second kappa shape index (κ2) is 7.25. The molecule has 2 rings (SSSR count). The van der Waals surface area contributed by atoms with Crippen molar-refractivity contribution >= 4 is 23.2 Å². The van der Waals surface area contributed by atoms with E-state index in [4.69, 9.17) is 5.11 Å². The van der Waals surface area contributed by atoms with E-state index in [-0.39, 0.29) is 24.5 Å². The van der Waals surface area contributed by atoms with E-state index in [0.717, 1.165) is 17.7 Å². The van der Waals surface area contributed by atoms with Gasteiger partial charge in [0.2, 0.25) is 5.91 Å². The highest BCUT2D eigenvalue weighted by atomic mass is 32.1. The molecule has 1 aliphatic heterocycles. The first-order valence-corrected chi connectivity index (χ1v) is 7.67. The summed E-state index contributed by atoms with van der Waals surface area (Å²) in [5.41, 5.74) is 0. The molecule has 0 atom stereocenters. The number of nitrogens with zero attached hydrogens (tertiary/aromatic N) is 1. The molecule has 2 N–H and O–H groups in total. The summed E-state index contributed by atoms with van der Waals surface area (Å²) in [5.74, 6) is 5.36. The zero-order valence-electron chi connectivity index (χ0n) is 11.9. The van der Waals surface area contributed by atoms with Gasteiger partial charge < -0.3 is 15.3 Å². The van der Waals surface area contributed by atoms with Crippen molar-refractivity contribution in [2.75, 3.05) is 19.7 Å². The third-order valence-electron chi connectivity index (χ3n) is 3.30. The number of hydrogen-bond acceptors (Lipinski definition) is 4. The van der Waals surface area contributed by atoms with Gasteiger partial charge >= 0.3 is 0 Å². The minimum Gasteiger partial charge on any atom is -0.384 e. The van der Waals surface area contributed by atoms with Gasteiger partial charge in [-0.3, -0.25) is 9.59 Å². The molecule has 0 saturated carbocycles. The number of amides is 2. The van der Waals surface area contributed by atoms with Crippen LogP contribution in [-0.4, -0.2) is 47.6 Å². The largest absolute Gasteiger partial charge is 0.384 e. The van der Waals surface area contributed by atoms with Crippen molar-refractivity contribution in [1.29, 1.82) is 0 Å². The molecule has 0 radical (unpaired) electrons. The molecule has 1 fully saturated rings. The first-order valence-electron chi connectivity index (χ1n) is 6.86. The predicted octanol–water partition coefficient (Wildman–Crippen LogP) is 0.833. The van der Waals surface area contributed by atoms with Crippen molar-refractivity contribution < 1.29 is 14.7 Å². The minimum absolute atomic E-state index is 0.0123. The summed E-state index contributed by atoms with van der Waals surface area (Å²) in [7, 11) is 0. The van der Waals surface area contributed by atoms with Gasteiger partial charge in [-0.25, -0.2) is 0 Å². The summed E-state index contributed by atoms with van der Waals surface area (Å²) in [4.78, 5) is 26.6. The van der Waals surface area contributed by atoms with Crippen LogP contribution in [0.15, 0.2) is 12.1 Å². The van der Waals surface area contributed by atoms with Crippen LogP contribution in [0.3, 0.4) is 0 Å². The molecule has 0 aliphatic carbocycles. The van der Waals surface area contributed by atoms with Crippen LogP contribution in [0.2, 0.25) is 0 Å². The molecule has 0 spiro atoms. The Bertz CT molecular complexity index is 577. The van der Waals surface area contributed by atoms with Gasteiger partial charge in [0.25, 0.3) is 5.91 Å². The first kappa shape index (κ1) is 15.5. The third-order valence-corrected chi connectivity index (χ3v) is 4.29. The molecule has 2 amide bonds. The number of piperidine rings is 1. The first-order chi connectivity index (χ1) is 10.1. The van der Waals surface area contributed by atoms with Gasteiger partial charge in [-0.05, 0) is 25.0 Å². The fourth-order valence-corrected chi connectivity index (χ4v) is 3.17. The molecular weight excluding hydrogens is 288 g/mol. The normalized spacial score (nSPS) is 15.2. The molecule has 0 bridgehead atoms. The molecule has 1 aromatic rings. The summed E-state index contributed by atoms with van der Waals surface area (Å²) in [6.45, 7) is 2.63. The summed E-state index contributed by atoms with van der Waals surface area (Å²) in [5, 5.41) is 11.6. The molecule has 5 nitrogen and oxygen atoms in total. The van der Waals surface area contributed by atoms with Gasteiger partial charge in [-0.1, -0.05) is 11.8 Å². The van der Waals surface area contributed by atoms with Gasteiger partial charge in [-0.2, -0.15) is 0 Å². The Labute approximate surface area is 128 Å². The van der Waals surface area contributed by atoms with Gasteiger partial charge in [0.05, 0.1) is 9.75 Å². The molecule has 1 aliphatic rings. The molecule has 0 aromatic carbocycles. The van der Waals surface area contributed by atoms with Crippen LogP contribution < -0.4 is 5.32 Å². The van der Waals surface area contributed by atoms with Gasteiger partial charge in [0.1, 0.15) is 6.61 Å². The Morgan fingerprint density at radius 2 is 2.14 bits per heavy atom. The number of aliphatic hydroxyl groups is 1. The van der Waals surface area contributed by atoms with E-state index < -0.39 is 0 Å². The van der Waals surface area contributed by atoms with Crippen LogP contribution in [0, 0.1) is 11.8 Å². The fourth-order valence-electron chi connectivity index (χ4n) is 2.32. The highest BCUT2D eigenvalue weighted by Crippen LogP contribution is 2.20. The van der Waals surface area contributed by atoms with E-state index in [2.05, 4.69) is 17.2 Å². The highest BCUT2D eigenvalue weighted by molar-refractivity contribution is 7.14. The van der Waals surface area contributed by atoms with E-state index in [1.807, 2.05) is 4.90 Å². The molecule has 0 unspecified atom stereocenters. The van der Waals surface area contributed by atoms with Crippen molar-refractivity contribution in [2.45, 2.75) is 25.8 Å². The Balaban J connectivity index is 1.92. The maximum absolute atomic E-state index is 12.4. The van der Waals surface area contributed by atoms with E-state index in [9.17, 15) is 9.59 Å². The maximum Gasteiger partial charge on any atom is 0.263 e. The van der Waals surface area contributed by atoms with Crippen molar-refractivity contribution in [2.24, 2.45) is 0 Å². The summed E-state index contributed by atoms with van der Waals surface area (Å²) in [6.07, 6.45) is 1.57. The Kier molecular flexibility index (Phi) is 5.37. The van der Waals surface area contributed by atoms with Gasteiger partial charge in [0, 0.05) is 26.1 Å². The topological polar surface area (TPSA) is 69.6 Å². The Morgan fingerprint density at radius 1 is 1.43 bits per heavy atom. The van der Waals surface area contributed by atoms with Crippen LogP contribution in [0.5, 0.6) is 0 Å². The van der Waals surface area contributed by atoms with Crippen molar-refractivity contribution in [3.05, 3.63) is 21.9 Å². The Hall–Kier alpha value is -1.84. The second-order valence-corrected chi connectivity index (χ2v) is 5.97. The number of aliphatic hydroxyl groups excluding tert-OH is 1. The summed E-state index contributed by atoms with van der Waals surface area (Å²) >= 11 is 1.34.